The first-order valence-electron chi connectivity index (χ1n) is 14.7. The van der Waals surface area contributed by atoms with Gasteiger partial charge in [0.15, 0.2) is 0 Å². The summed E-state index contributed by atoms with van der Waals surface area (Å²) in [4.78, 5) is 60.3. The molecule has 242 valence electrons. The van der Waals surface area contributed by atoms with Crippen molar-refractivity contribution in [2.75, 3.05) is 9.80 Å². The van der Waals surface area contributed by atoms with Crippen molar-refractivity contribution in [1.82, 2.24) is 10.0 Å². The van der Waals surface area contributed by atoms with Gasteiger partial charge < -0.3 is 0 Å². The Hall–Kier alpha value is -3.18. The average molecular weight is 761 g/mol. The fraction of sp³-hybridized carbons (Fsp3) is 0.176. The molecule has 8 nitrogen and oxygen atoms in total. The number of fused-ring (bicyclic) bond motifs is 5. The maximum atomic E-state index is 14.6. The molecule has 0 aliphatic carbocycles. The molecule has 0 radical (unpaired) electrons. The summed E-state index contributed by atoms with van der Waals surface area (Å²) < 4.78 is 0. The number of anilines is 2. The summed E-state index contributed by atoms with van der Waals surface area (Å²) in [6.07, 6.45) is 0. The van der Waals surface area contributed by atoms with Crippen LogP contribution in [0, 0.1) is 11.8 Å². The van der Waals surface area contributed by atoms with Crippen LogP contribution in [0.2, 0.25) is 30.1 Å². The Morgan fingerprint density at radius 3 is 1.00 bits per heavy atom. The molecule has 14 heteroatoms. The number of carbonyl (C=O) groups excluding carboxylic acids is 4. The van der Waals surface area contributed by atoms with E-state index >= 15 is 0 Å². The summed E-state index contributed by atoms with van der Waals surface area (Å²) in [7, 11) is 0. The van der Waals surface area contributed by atoms with Crippen LogP contribution in [0.4, 0.5) is 11.4 Å². The highest BCUT2D eigenvalue weighted by molar-refractivity contribution is 6.37. The maximum Gasteiger partial charge on any atom is 0.253 e. The standard InChI is InChI=1S/C34H20Cl6N4O4/c35-17-5-1-15(2-6-17)27-25-29(33(47)41(31(25)45)23-11-19(37)9-20(38)12-23)44-28(16-3-7-18(36)8-4-16)26-30(43(27)44)34(48)42(32(26)46)24-13-21(39)10-22(40)14-24/h1-14,25-30H. The highest BCUT2D eigenvalue weighted by Gasteiger charge is 2.73. The second kappa shape index (κ2) is 11.7. The van der Waals surface area contributed by atoms with Gasteiger partial charge in [0, 0.05) is 30.1 Å². The quantitative estimate of drug-likeness (QED) is 0.196. The normalized spacial score (nSPS) is 26.9. The van der Waals surface area contributed by atoms with Gasteiger partial charge in [-0.3, -0.25) is 19.2 Å². The first-order chi connectivity index (χ1) is 22.9. The molecule has 8 rings (SSSR count). The van der Waals surface area contributed by atoms with E-state index in [1.54, 1.807) is 58.5 Å². The fourth-order valence-electron chi connectivity index (χ4n) is 7.66. The Balaban J connectivity index is 1.34. The van der Waals surface area contributed by atoms with Crippen LogP contribution in [0.3, 0.4) is 0 Å². The monoisotopic (exact) mass is 758 g/mol. The van der Waals surface area contributed by atoms with Crippen molar-refractivity contribution in [3.8, 4) is 0 Å². The molecule has 6 unspecified atom stereocenters. The number of benzene rings is 4. The van der Waals surface area contributed by atoms with Gasteiger partial charge in [0.05, 0.1) is 35.3 Å². The van der Waals surface area contributed by atoms with Crippen LogP contribution < -0.4 is 9.80 Å². The van der Waals surface area contributed by atoms with Gasteiger partial charge in [0.2, 0.25) is 11.8 Å². The molecule has 0 spiro atoms. The zero-order valence-electron chi connectivity index (χ0n) is 24.2. The van der Waals surface area contributed by atoms with Gasteiger partial charge in [-0.1, -0.05) is 93.9 Å². The smallest absolute Gasteiger partial charge is 0.253 e. The number of amides is 4. The van der Waals surface area contributed by atoms with Gasteiger partial charge in [-0.05, 0) is 71.8 Å². The van der Waals surface area contributed by atoms with Crippen molar-refractivity contribution in [1.29, 1.82) is 0 Å². The zero-order chi connectivity index (χ0) is 33.8. The van der Waals surface area contributed by atoms with E-state index in [4.69, 9.17) is 69.6 Å². The lowest BCUT2D eigenvalue weighted by Crippen LogP contribution is -2.50. The third-order valence-electron chi connectivity index (χ3n) is 9.36. The Kier molecular flexibility index (Phi) is 7.82. The van der Waals surface area contributed by atoms with Crippen LogP contribution in [0.5, 0.6) is 0 Å². The molecule has 4 heterocycles. The van der Waals surface area contributed by atoms with Gasteiger partial charge in [-0.25, -0.2) is 19.8 Å². The van der Waals surface area contributed by atoms with Gasteiger partial charge in [-0.15, -0.1) is 0 Å². The van der Waals surface area contributed by atoms with Crippen molar-refractivity contribution in [3.05, 3.63) is 126 Å². The van der Waals surface area contributed by atoms with E-state index in [-0.39, 0.29) is 31.5 Å². The van der Waals surface area contributed by atoms with Crippen molar-refractivity contribution < 1.29 is 19.2 Å². The molecular formula is C34H20Cl6N4O4. The summed E-state index contributed by atoms with van der Waals surface area (Å²) in [5, 5.41) is 5.40. The van der Waals surface area contributed by atoms with E-state index in [0.29, 0.717) is 21.2 Å². The van der Waals surface area contributed by atoms with Gasteiger partial charge >= 0.3 is 0 Å². The largest absolute Gasteiger partial charge is 0.274 e. The number of hydrazine groups is 1. The summed E-state index contributed by atoms with van der Waals surface area (Å²) in [5.74, 6) is -4.04. The van der Waals surface area contributed by atoms with Crippen LogP contribution in [0.15, 0.2) is 84.9 Å². The third kappa shape index (κ3) is 4.81. The number of halogens is 6. The number of hydrogen-bond donors (Lipinski definition) is 0. The van der Waals surface area contributed by atoms with Crippen LogP contribution in [0.25, 0.3) is 0 Å². The molecule has 4 aliphatic heterocycles. The van der Waals surface area contributed by atoms with E-state index in [9.17, 15) is 19.2 Å². The van der Waals surface area contributed by atoms with Gasteiger partial charge in [0.1, 0.15) is 12.1 Å². The number of hydrogen-bond acceptors (Lipinski definition) is 6. The maximum absolute atomic E-state index is 14.6. The molecule has 0 saturated carbocycles. The molecule has 0 aromatic heterocycles. The molecule has 48 heavy (non-hydrogen) atoms. The first kappa shape index (κ1) is 32.0. The van der Waals surface area contributed by atoms with E-state index in [2.05, 4.69) is 0 Å². The van der Waals surface area contributed by atoms with E-state index in [1.807, 2.05) is 0 Å². The summed E-state index contributed by atoms with van der Waals surface area (Å²) in [6, 6.07) is 18.9. The zero-order valence-corrected chi connectivity index (χ0v) is 28.8. The molecular weight excluding hydrogens is 741 g/mol. The van der Waals surface area contributed by atoms with E-state index in [1.165, 1.54) is 36.4 Å². The second-order valence-electron chi connectivity index (χ2n) is 12.0. The highest BCUT2D eigenvalue weighted by Crippen LogP contribution is 2.60. The number of imide groups is 2. The topological polar surface area (TPSA) is 81.2 Å². The molecule has 4 aromatic rings. The van der Waals surface area contributed by atoms with Crippen molar-refractivity contribution in [2.45, 2.75) is 24.2 Å². The SMILES string of the molecule is O=C1C2C(C(=O)N1c1cc(Cl)cc(Cl)c1)N1C(c3ccc(Cl)cc3)C3C(=O)N(c4cc(Cl)cc(Cl)c4)C(=O)C3N1C2c1ccc(Cl)cc1. The lowest BCUT2D eigenvalue weighted by Gasteiger charge is -2.35. The summed E-state index contributed by atoms with van der Waals surface area (Å²) in [5.41, 5.74) is 1.70. The van der Waals surface area contributed by atoms with Gasteiger partial charge in [-0.2, -0.15) is 0 Å². The lowest BCUT2D eigenvalue weighted by atomic mass is 9.84. The Morgan fingerprint density at radius 2 is 0.688 bits per heavy atom. The van der Waals surface area contributed by atoms with Crippen LogP contribution >= 0.6 is 69.6 Å². The number of rotatable bonds is 4. The van der Waals surface area contributed by atoms with E-state index < -0.39 is 59.6 Å². The van der Waals surface area contributed by atoms with Crippen molar-refractivity contribution in [2.24, 2.45) is 11.8 Å². The second-order valence-corrected chi connectivity index (χ2v) is 14.6. The van der Waals surface area contributed by atoms with Crippen LogP contribution in [-0.2, 0) is 19.2 Å². The minimum Gasteiger partial charge on any atom is -0.274 e. The average Bonchev–Trinajstić information content (AvgIpc) is 3.68. The molecule has 4 aliphatic rings. The van der Waals surface area contributed by atoms with Crippen molar-refractivity contribution >= 4 is 105 Å². The summed E-state index contributed by atoms with van der Waals surface area (Å²) >= 11 is 37.7. The van der Waals surface area contributed by atoms with E-state index in [0.717, 1.165) is 9.80 Å². The molecule has 4 amide bonds. The predicted molar refractivity (Wildman–Crippen MR) is 185 cm³/mol. The minimum absolute atomic E-state index is 0.219. The molecule has 6 atom stereocenters. The molecule has 0 N–H and O–H groups in total. The third-order valence-corrected chi connectivity index (χ3v) is 10.7. The number of nitrogens with zero attached hydrogens (tertiary/aromatic N) is 4. The predicted octanol–water partition coefficient (Wildman–Crippen LogP) is 8.05. The molecule has 4 fully saturated rings. The Labute approximate surface area is 304 Å². The lowest BCUT2D eigenvalue weighted by molar-refractivity contribution is -0.136. The first-order valence-corrected chi connectivity index (χ1v) is 17.0. The van der Waals surface area contributed by atoms with Crippen molar-refractivity contribution in [3.63, 3.8) is 0 Å². The Bertz CT molecular complexity index is 1870. The molecule has 0 bridgehead atoms. The minimum atomic E-state index is -1.09. The fourth-order valence-corrected chi connectivity index (χ4v) is 8.94. The molecule has 4 saturated heterocycles. The van der Waals surface area contributed by atoms with Gasteiger partial charge in [0.25, 0.3) is 11.8 Å². The Morgan fingerprint density at radius 1 is 0.375 bits per heavy atom. The highest BCUT2D eigenvalue weighted by atomic mass is 35.5. The number of carbonyl (C=O) groups is 4. The summed E-state index contributed by atoms with van der Waals surface area (Å²) in [6.45, 7) is 0. The van der Waals surface area contributed by atoms with Crippen LogP contribution in [-0.4, -0.2) is 45.7 Å². The molecule has 4 aromatic carbocycles. The van der Waals surface area contributed by atoms with Crippen LogP contribution in [0.1, 0.15) is 23.2 Å².